The number of carbonyl (C=O) groups excluding carboxylic acids is 3. The van der Waals surface area contributed by atoms with Gasteiger partial charge >= 0.3 is 6.03 Å². The van der Waals surface area contributed by atoms with Crippen LogP contribution in [0.4, 0.5) is 4.79 Å². The predicted molar refractivity (Wildman–Crippen MR) is 116 cm³/mol. The van der Waals surface area contributed by atoms with E-state index in [0.29, 0.717) is 12.8 Å². The number of amides is 4. The Balaban J connectivity index is 1.20. The Morgan fingerprint density at radius 1 is 1.19 bits per heavy atom. The maximum absolute atomic E-state index is 12.8. The summed E-state index contributed by atoms with van der Waals surface area (Å²) in [6, 6.07) is 5.87. The molecular weight excluding hydrogens is 394 g/mol. The van der Waals surface area contributed by atoms with E-state index in [1.54, 1.807) is 0 Å². The molecule has 0 atom stereocenters. The average Bonchev–Trinajstić information content (AvgIpc) is 3.36. The van der Waals surface area contributed by atoms with Gasteiger partial charge in [-0.25, -0.2) is 4.79 Å². The molecule has 168 valence electrons. The monoisotopic (exact) mass is 427 g/mol. The summed E-state index contributed by atoms with van der Waals surface area (Å²) in [6.07, 6.45) is 8.17. The molecular formula is C23H33N5O3. The predicted octanol–water partition coefficient (Wildman–Crippen LogP) is 1.80. The van der Waals surface area contributed by atoms with Gasteiger partial charge in [0.1, 0.15) is 5.54 Å². The molecule has 3 heterocycles. The molecule has 3 fully saturated rings. The van der Waals surface area contributed by atoms with Crippen molar-refractivity contribution in [2.75, 3.05) is 33.2 Å². The van der Waals surface area contributed by atoms with Crippen LogP contribution in [0.5, 0.6) is 0 Å². The molecule has 2 saturated heterocycles. The maximum atomic E-state index is 12.8. The Bertz CT molecular complexity index is 801. The first-order valence-electron chi connectivity index (χ1n) is 11.5. The molecule has 8 nitrogen and oxygen atoms in total. The third-order valence-electron chi connectivity index (χ3n) is 7.16. The Morgan fingerprint density at radius 3 is 2.61 bits per heavy atom. The van der Waals surface area contributed by atoms with Crippen molar-refractivity contribution < 1.29 is 14.4 Å². The Hall–Kier alpha value is -2.48. The van der Waals surface area contributed by atoms with Crippen LogP contribution in [0.15, 0.2) is 24.4 Å². The van der Waals surface area contributed by atoms with E-state index in [0.717, 1.165) is 57.4 Å². The summed E-state index contributed by atoms with van der Waals surface area (Å²) >= 11 is 0. The molecule has 1 spiro atoms. The molecule has 4 amide bonds. The van der Waals surface area contributed by atoms with Crippen LogP contribution in [0.2, 0.25) is 0 Å². The summed E-state index contributed by atoms with van der Waals surface area (Å²) in [7, 11) is 1.85. The molecule has 2 aliphatic heterocycles. The molecule has 3 aliphatic rings. The van der Waals surface area contributed by atoms with Gasteiger partial charge in [-0.3, -0.25) is 19.5 Å². The molecule has 1 N–H and O–H groups in total. The van der Waals surface area contributed by atoms with Gasteiger partial charge in [0.15, 0.2) is 0 Å². The number of imide groups is 1. The minimum Gasteiger partial charge on any atom is -0.343 e. The second kappa shape index (κ2) is 9.34. The van der Waals surface area contributed by atoms with Gasteiger partial charge in [0.25, 0.3) is 5.91 Å². The lowest BCUT2D eigenvalue weighted by Gasteiger charge is -2.37. The fourth-order valence-corrected chi connectivity index (χ4v) is 5.13. The average molecular weight is 428 g/mol. The van der Waals surface area contributed by atoms with Crippen LogP contribution in [0, 0.1) is 0 Å². The second-order valence-electron chi connectivity index (χ2n) is 9.07. The van der Waals surface area contributed by atoms with E-state index in [9.17, 15) is 14.4 Å². The normalized spacial score (nSPS) is 21.6. The van der Waals surface area contributed by atoms with E-state index >= 15 is 0 Å². The van der Waals surface area contributed by atoms with Crippen molar-refractivity contribution in [3.63, 3.8) is 0 Å². The lowest BCUT2D eigenvalue weighted by molar-refractivity contribution is -0.134. The summed E-state index contributed by atoms with van der Waals surface area (Å²) in [5.74, 6) is -0.147. The SMILES string of the molecule is CN(C(=O)CCN1C(=O)NC2(CCCC2)C1=O)C1CCN(CCc2ccccn2)CC1. The van der Waals surface area contributed by atoms with Gasteiger partial charge in [-0.2, -0.15) is 0 Å². The van der Waals surface area contributed by atoms with Gasteiger partial charge in [0, 0.05) is 64.0 Å². The zero-order valence-electron chi connectivity index (χ0n) is 18.4. The van der Waals surface area contributed by atoms with Crippen LogP contribution >= 0.6 is 0 Å². The lowest BCUT2D eigenvalue weighted by atomic mass is 9.98. The van der Waals surface area contributed by atoms with Gasteiger partial charge in [0.2, 0.25) is 5.91 Å². The molecule has 31 heavy (non-hydrogen) atoms. The lowest BCUT2D eigenvalue weighted by Crippen LogP contribution is -2.47. The number of likely N-dealkylation sites (tertiary alicyclic amines) is 1. The van der Waals surface area contributed by atoms with Crippen LogP contribution in [0.25, 0.3) is 0 Å². The summed E-state index contributed by atoms with van der Waals surface area (Å²) in [6.45, 7) is 3.07. The smallest absolute Gasteiger partial charge is 0.325 e. The maximum Gasteiger partial charge on any atom is 0.325 e. The van der Waals surface area contributed by atoms with Crippen molar-refractivity contribution in [3.8, 4) is 0 Å². The highest BCUT2D eigenvalue weighted by atomic mass is 16.2. The summed E-state index contributed by atoms with van der Waals surface area (Å²) in [4.78, 5) is 47.6. The number of piperidine rings is 1. The number of urea groups is 1. The Morgan fingerprint density at radius 2 is 1.94 bits per heavy atom. The first kappa shape index (κ1) is 21.7. The van der Waals surface area contributed by atoms with E-state index in [1.165, 1.54) is 4.90 Å². The van der Waals surface area contributed by atoms with Gasteiger partial charge < -0.3 is 15.1 Å². The van der Waals surface area contributed by atoms with E-state index in [1.807, 2.05) is 30.3 Å². The molecule has 1 aromatic heterocycles. The molecule has 1 aromatic rings. The molecule has 8 heteroatoms. The number of hydrogen-bond acceptors (Lipinski definition) is 5. The van der Waals surface area contributed by atoms with Crippen molar-refractivity contribution in [1.29, 1.82) is 0 Å². The fraction of sp³-hybridized carbons (Fsp3) is 0.652. The van der Waals surface area contributed by atoms with Crippen molar-refractivity contribution in [2.24, 2.45) is 0 Å². The van der Waals surface area contributed by atoms with E-state index in [-0.39, 0.29) is 36.9 Å². The van der Waals surface area contributed by atoms with Crippen LogP contribution in [-0.2, 0) is 16.0 Å². The first-order valence-corrected chi connectivity index (χ1v) is 11.5. The minimum absolute atomic E-state index is 0.0000857. The molecule has 0 bridgehead atoms. The molecule has 4 rings (SSSR count). The quantitative estimate of drug-likeness (QED) is 0.671. The first-order chi connectivity index (χ1) is 15.0. The number of aromatic nitrogens is 1. The van der Waals surface area contributed by atoms with Gasteiger partial charge in [-0.05, 0) is 37.8 Å². The number of hydrogen-bond donors (Lipinski definition) is 1. The highest BCUT2D eigenvalue weighted by Gasteiger charge is 2.52. The zero-order valence-corrected chi connectivity index (χ0v) is 18.4. The largest absolute Gasteiger partial charge is 0.343 e. The number of carbonyl (C=O) groups is 3. The Kier molecular flexibility index (Phi) is 6.55. The van der Waals surface area contributed by atoms with Crippen molar-refractivity contribution in [1.82, 2.24) is 25.0 Å². The molecule has 0 aromatic carbocycles. The Labute approximate surface area is 184 Å². The third-order valence-corrected chi connectivity index (χ3v) is 7.16. The second-order valence-corrected chi connectivity index (χ2v) is 9.07. The molecule has 0 unspecified atom stereocenters. The number of pyridine rings is 1. The van der Waals surface area contributed by atoms with Crippen molar-refractivity contribution in [3.05, 3.63) is 30.1 Å². The number of nitrogens with zero attached hydrogens (tertiary/aromatic N) is 4. The summed E-state index contributed by atoms with van der Waals surface area (Å²) in [5.41, 5.74) is 0.408. The van der Waals surface area contributed by atoms with E-state index in [4.69, 9.17) is 0 Å². The molecule has 0 radical (unpaired) electrons. The van der Waals surface area contributed by atoms with Gasteiger partial charge in [-0.15, -0.1) is 0 Å². The van der Waals surface area contributed by atoms with Crippen LogP contribution in [-0.4, -0.2) is 82.3 Å². The summed E-state index contributed by atoms with van der Waals surface area (Å²) in [5, 5.41) is 2.88. The zero-order chi connectivity index (χ0) is 21.8. The highest BCUT2D eigenvalue weighted by molar-refractivity contribution is 6.07. The van der Waals surface area contributed by atoms with Crippen LogP contribution in [0.1, 0.15) is 50.6 Å². The van der Waals surface area contributed by atoms with Crippen LogP contribution in [0.3, 0.4) is 0 Å². The minimum atomic E-state index is -0.700. The fourth-order valence-electron chi connectivity index (χ4n) is 5.13. The van der Waals surface area contributed by atoms with E-state index < -0.39 is 5.54 Å². The number of nitrogens with one attached hydrogen (secondary N) is 1. The topological polar surface area (TPSA) is 85.8 Å². The van der Waals surface area contributed by atoms with Crippen LogP contribution < -0.4 is 5.32 Å². The summed E-state index contributed by atoms with van der Waals surface area (Å²) < 4.78 is 0. The molecule has 1 saturated carbocycles. The third kappa shape index (κ3) is 4.74. The molecule has 1 aliphatic carbocycles. The van der Waals surface area contributed by atoms with Crippen molar-refractivity contribution >= 4 is 17.8 Å². The van der Waals surface area contributed by atoms with Gasteiger partial charge in [-0.1, -0.05) is 18.9 Å². The number of rotatable bonds is 7. The highest BCUT2D eigenvalue weighted by Crippen LogP contribution is 2.35. The van der Waals surface area contributed by atoms with Gasteiger partial charge in [0.05, 0.1) is 0 Å². The van der Waals surface area contributed by atoms with Crippen molar-refractivity contribution in [2.45, 2.75) is 62.9 Å². The van der Waals surface area contributed by atoms with E-state index in [2.05, 4.69) is 21.3 Å². The standard InChI is InChI=1S/C23H33N5O3/c1-26(19-8-15-27(16-9-19)14-7-18-6-2-5-13-24-18)20(29)10-17-28-21(30)23(25-22(28)31)11-3-4-12-23/h2,5-6,13,19H,3-4,7-12,14-17H2,1H3,(H,25,31).